The molecule has 0 aromatic heterocycles. The number of hydrogen-bond acceptors (Lipinski definition) is 1. The SMILES string of the molecule is CCCN1C(C)CCC1C(C)C. The van der Waals surface area contributed by atoms with Gasteiger partial charge in [0.05, 0.1) is 0 Å². The molecule has 0 spiro atoms. The topological polar surface area (TPSA) is 3.24 Å². The molecule has 0 amide bonds. The van der Waals surface area contributed by atoms with Crippen LogP contribution in [0.2, 0.25) is 0 Å². The van der Waals surface area contributed by atoms with Crippen molar-refractivity contribution in [3.05, 3.63) is 0 Å². The monoisotopic (exact) mass is 169 g/mol. The molecular weight excluding hydrogens is 146 g/mol. The van der Waals surface area contributed by atoms with E-state index in [0.717, 1.165) is 18.0 Å². The highest BCUT2D eigenvalue weighted by Crippen LogP contribution is 2.28. The van der Waals surface area contributed by atoms with Crippen LogP contribution >= 0.6 is 0 Å². The lowest BCUT2D eigenvalue weighted by molar-refractivity contribution is 0.167. The van der Waals surface area contributed by atoms with Crippen molar-refractivity contribution >= 4 is 0 Å². The summed E-state index contributed by atoms with van der Waals surface area (Å²) in [7, 11) is 0. The van der Waals surface area contributed by atoms with Gasteiger partial charge in [0.2, 0.25) is 0 Å². The predicted molar refractivity (Wildman–Crippen MR) is 54.3 cm³/mol. The van der Waals surface area contributed by atoms with Crippen LogP contribution in [0, 0.1) is 5.92 Å². The van der Waals surface area contributed by atoms with Gasteiger partial charge in [-0.15, -0.1) is 0 Å². The van der Waals surface area contributed by atoms with Crippen molar-refractivity contribution < 1.29 is 0 Å². The lowest BCUT2D eigenvalue weighted by atomic mass is 10.0. The molecule has 1 heteroatoms. The second-order valence-electron chi connectivity index (χ2n) is 4.48. The maximum Gasteiger partial charge on any atom is 0.0122 e. The highest BCUT2D eigenvalue weighted by Gasteiger charge is 2.31. The summed E-state index contributed by atoms with van der Waals surface area (Å²) in [6.07, 6.45) is 4.12. The molecule has 0 aromatic rings. The van der Waals surface area contributed by atoms with Crippen LogP contribution in [-0.2, 0) is 0 Å². The standard InChI is InChI=1S/C11H23N/c1-5-8-12-10(4)6-7-11(12)9(2)3/h9-11H,5-8H2,1-4H3. The fraction of sp³-hybridized carbons (Fsp3) is 1.00. The third-order valence-electron chi connectivity index (χ3n) is 3.12. The molecule has 0 aromatic carbocycles. The first-order valence-electron chi connectivity index (χ1n) is 5.42. The van der Waals surface area contributed by atoms with Crippen molar-refractivity contribution in [2.75, 3.05) is 6.54 Å². The van der Waals surface area contributed by atoms with Gasteiger partial charge in [0.15, 0.2) is 0 Å². The molecule has 1 heterocycles. The van der Waals surface area contributed by atoms with Gasteiger partial charge >= 0.3 is 0 Å². The van der Waals surface area contributed by atoms with E-state index in [0.29, 0.717) is 0 Å². The Bertz CT molecular complexity index is 131. The van der Waals surface area contributed by atoms with Gasteiger partial charge in [0.1, 0.15) is 0 Å². The maximum atomic E-state index is 2.70. The van der Waals surface area contributed by atoms with Crippen LogP contribution in [0.1, 0.15) is 47.0 Å². The molecule has 0 aliphatic carbocycles. The Balaban J connectivity index is 2.51. The molecule has 1 nitrogen and oxygen atoms in total. The summed E-state index contributed by atoms with van der Waals surface area (Å²) in [6, 6.07) is 1.69. The lowest BCUT2D eigenvalue weighted by Crippen LogP contribution is -2.38. The van der Waals surface area contributed by atoms with E-state index in [4.69, 9.17) is 0 Å². The van der Waals surface area contributed by atoms with Gasteiger partial charge in [-0.3, -0.25) is 4.90 Å². The molecule has 0 saturated carbocycles. The maximum absolute atomic E-state index is 2.70. The van der Waals surface area contributed by atoms with Crippen molar-refractivity contribution in [2.45, 2.75) is 59.0 Å². The van der Waals surface area contributed by atoms with E-state index in [1.54, 1.807) is 0 Å². The molecule has 2 unspecified atom stereocenters. The van der Waals surface area contributed by atoms with E-state index in [-0.39, 0.29) is 0 Å². The predicted octanol–water partition coefficient (Wildman–Crippen LogP) is 2.91. The largest absolute Gasteiger partial charge is 0.297 e. The minimum Gasteiger partial charge on any atom is -0.297 e. The van der Waals surface area contributed by atoms with Gasteiger partial charge in [-0.2, -0.15) is 0 Å². The van der Waals surface area contributed by atoms with E-state index < -0.39 is 0 Å². The molecule has 1 fully saturated rings. The summed E-state index contributed by atoms with van der Waals surface area (Å²) >= 11 is 0. The number of likely N-dealkylation sites (tertiary alicyclic amines) is 1. The minimum atomic E-state index is 0.831. The van der Waals surface area contributed by atoms with Gasteiger partial charge in [0.25, 0.3) is 0 Å². The van der Waals surface area contributed by atoms with Crippen LogP contribution in [0.25, 0.3) is 0 Å². The van der Waals surface area contributed by atoms with Gasteiger partial charge in [0, 0.05) is 12.1 Å². The molecule has 0 N–H and O–H groups in total. The Hall–Kier alpha value is -0.0400. The highest BCUT2D eigenvalue weighted by atomic mass is 15.2. The highest BCUT2D eigenvalue weighted by molar-refractivity contribution is 4.86. The second kappa shape index (κ2) is 4.27. The van der Waals surface area contributed by atoms with Crippen molar-refractivity contribution in [2.24, 2.45) is 5.92 Å². The van der Waals surface area contributed by atoms with Crippen molar-refractivity contribution in [1.29, 1.82) is 0 Å². The molecule has 1 aliphatic rings. The van der Waals surface area contributed by atoms with Crippen LogP contribution in [0.5, 0.6) is 0 Å². The van der Waals surface area contributed by atoms with E-state index in [9.17, 15) is 0 Å². The molecular formula is C11H23N. The number of nitrogens with zero attached hydrogens (tertiary/aromatic N) is 1. The summed E-state index contributed by atoms with van der Waals surface area (Å²) < 4.78 is 0. The van der Waals surface area contributed by atoms with Gasteiger partial charge < -0.3 is 0 Å². The first-order valence-corrected chi connectivity index (χ1v) is 5.42. The zero-order valence-corrected chi connectivity index (χ0v) is 9.01. The van der Waals surface area contributed by atoms with Crippen molar-refractivity contribution in [1.82, 2.24) is 4.90 Å². The Labute approximate surface area is 77.1 Å². The molecule has 0 bridgehead atoms. The third kappa shape index (κ3) is 2.01. The normalized spacial score (nSPS) is 31.8. The lowest BCUT2D eigenvalue weighted by Gasteiger charge is -2.30. The number of hydrogen-bond donors (Lipinski definition) is 0. The first kappa shape index (κ1) is 10.0. The summed E-state index contributed by atoms with van der Waals surface area (Å²) in [5, 5.41) is 0. The Morgan fingerprint density at radius 3 is 2.50 bits per heavy atom. The Kier molecular flexibility index (Phi) is 3.57. The smallest absolute Gasteiger partial charge is 0.0122 e. The third-order valence-corrected chi connectivity index (χ3v) is 3.12. The van der Waals surface area contributed by atoms with Gasteiger partial charge in [-0.25, -0.2) is 0 Å². The fourth-order valence-corrected chi connectivity index (χ4v) is 2.43. The summed E-state index contributed by atoms with van der Waals surface area (Å²) in [6.45, 7) is 10.7. The first-order chi connectivity index (χ1) is 5.66. The quantitative estimate of drug-likeness (QED) is 0.628. The van der Waals surface area contributed by atoms with Crippen LogP contribution < -0.4 is 0 Å². The zero-order valence-electron chi connectivity index (χ0n) is 9.01. The average Bonchev–Trinajstić information content (AvgIpc) is 2.34. The number of rotatable bonds is 3. The van der Waals surface area contributed by atoms with E-state index in [1.807, 2.05) is 0 Å². The van der Waals surface area contributed by atoms with Crippen LogP contribution in [0.3, 0.4) is 0 Å². The molecule has 1 saturated heterocycles. The van der Waals surface area contributed by atoms with Crippen LogP contribution in [0.15, 0.2) is 0 Å². The van der Waals surface area contributed by atoms with Crippen LogP contribution in [0.4, 0.5) is 0 Å². The van der Waals surface area contributed by atoms with E-state index in [2.05, 4.69) is 32.6 Å². The summed E-state index contributed by atoms with van der Waals surface area (Å²) in [4.78, 5) is 2.70. The van der Waals surface area contributed by atoms with Gasteiger partial charge in [-0.05, 0) is 38.6 Å². The average molecular weight is 169 g/mol. The zero-order chi connectivity index (χ0) is 9.14. The Morgan fingerprint density at radius 1 is 1.33 bits per heavy atom. The fourth-order valence-electron chi connectivity index (χ4n) is 2.43. The Morgan fingerprint density at radius 2 is 2.00 bits per heavy atom. The minimum absolute atomic E-state index is 0.831. The molecule has 72 valence electrons. The van der Waals surface area contributed by atoms with Crippen LogP contribution in [-0.4, -0.2) is 23.5 Å². The molecule has 1 rings (SSSR count). The molecule has 2 atom stereocenters. The molecule has 12 heavy (non-hydrogen) atoms. The van der Waals surface area contributed by atoms with Gasteiger partial charge in [-0.1, -0.05) is 20.8 Å². The summed E-state index contributed by atoms with van der Waals surface area (Å²) in [5.74, 6) is 0.835. The van der Waals surface area contributed by atoms with Crippen molar-refractivity contribution in [3.8, 4) is 0 Å². The second-order valence-corrected chi connectivity index (χ2v) is 4.48. The molecule has 0 radical (unpaired) electrons. The molecule has 1 aliphatic heterocycles. The summed E-state index contributed by atoms with van der Waals surface area (Å²) in [5.41, 5.74) is 0. The van der Waals surface area contributed by atoms with E-state index >= 15 is 0 Å². The van der Waals surface area contributed by atoms with Crippen molar-refractivity contribution in [3.63, 3.8) is 0 Å². The van der Waals surface area contributed by atoms with E-state index in [1.165, 1.54) is 25.8 Å².